The van der Waals surface area contributed by atoms with Gasteiger partial charge in [-0.05, 0) is 37.0 Å². The van der Waals surface area contributed by atoms with Crippen molar-refractivity contribution in [3.8, 4) is 0 Å². The number of ether oxygens (including phenoxy) is 3. The Hall–Kier alpha value is -1.59. The van der Waals surface area contributed by atoms with E-state index in [0.717, 1.165) is 75.5 Å². The molecule has 386 valence electrons. The SMILES string of the molecule is CC(C)CCCCCCCCCCCCCCCCCC(=O)O[C@H](COC(=O)CCCCCCCCCCCCCCCC(C)C)COC(=O)CCCCCCCCCCCCC(C)C. The van der Waals surface area contributed by atoms with E-state index in [2.05, 4.69) is 41.5 Å². The van der Waals surface area contributed by atoms with Gasteiger partial charge in [-0.2, -0.15) is 0 Å². The summed E-state index contributed by atoms with van der Waals surface area (Å²) in [6, 6.07) is 0. The van der Waals surface area contributed by atoms with Gasteiger partial charge in [0.05, 0.1) is 0 Å². The number of rotatable bonds is 52. The van der Waals surface area contributed by atoms with Crippen molar-refractivity contribution in [3.63, 3.8) is 0 Å². The van der Waals surface area contributed by atoms with Gasteiger partial charge >= 0.3 is 17.9 Å². The molecule has 0 bridgehead atoms. The Kier molecular flexibility index (Phi) is 49.1. The fourth-order valence-electron chi connectivity index (χ4n) is 9.00. The first-order valence-electron chi connectivity index (χ1n) is 29.1. The first kappa shape index (κ1) is 63.4. The number of esters is 3. The van der Waals surface area contributed by atoms with E-state index < -0.39 is 6.10 Å². The molecule has 6 heteroatoms. The molecule has 0 aromatic rings. The van der Waals surface area contributed by atoms with E-state index in [4.69, 9.17) is 14.2 Å². The molecule has 0 N–H and O–H groups in total. The summed E-state index contributed by atoms with van der Waals surface area (Å²) in [5, 5.41) is 0. The molecule has 0 rings (SSSR count). The minimum atomic E-state index is -0.764. The minimum Gasteiger partial charge on any atom is -0.462 e. The Morgan fingerprint density at radius 1 is 0.262 bits per heavy atom. The Labute approximate surface area is 406 Å². The molecule has 0 radical (unpaired) electrons. The van der Waals surface area contributed by atoms with Gasteiger partial charge in [-0.1, -0.05) is 286 Å². The zero-order chi connectivity index (χ0) is 47.7. The number of hydrogen-bond acceptors (Lipinski definition) is 6. The molecule has 1 atom stereocenters. The molecule has 0 unspecified atom stereocenters. The molecule has 65 heavy (non-hydrogen) atoms. The van der Waals surface area contributed by atoms with E-state index in [9.17, 15) is 14.4 Å². The van der Waals surface area contributed by atoms with Gasteiger partial charge < -0.3 is 14.2 Å². The Morgan fingerprint density at radius 2 is 0.446 bits per heavy atom. The molecule has 0 aliphatic heterocycles. The van der Waals surface area contributed by atoms with Crippen LogP contribution in [0.4, 0.5) is 0 Å². The molecular formula is C59H114O6. The van der Waals surface area contributed by atoms with Crippen LogP contribution in [0.15, 0.2) is 0 Å². The van der Waals surface area contributed by atoms with Gasteiger partial charge in [0.1, 0.15) is 13.2 Å². The minimum absolute atomic E-state index is 0.0635. The molecule has 0 saturated heterocycles. The smallest absolute Gasteiger partial charge is 0.306 e. The molecule has 6 nitrogen and oxygen atoms in total. The molecule has 0 aromatic carbocycles. The molecule has 0 heterocycles. The molecule has 0 amide bonds. The third kappa shape index (κ3) is 53.2. The normalized spacial score (nSPS) is 12.1. The van der Waals surface area contributed by atoms with Gasteiger partial charge in [-0.15, -0.1) is 0 Å². The maximum absolute atomic E-state index is 12.9. The largest absolute Gasteiger partial charge is 0.462 e. The number of carbonyl (C=O) groups is 3. The van der Waals surface area contributed by atoms with Gasteiger partial charge in [-0.25, -0.2) is 0 Å². The summed E-state index contributed by atoms with van der Waals surface area (Å²) < 4.78 is 16.9. The van der Waals surface area contributed by atoms with E-state index in [1.54, 1.807) is 0 Å². The highest BCUT2D eigenvalue weighted by atomic mass is 16.6. The van der Waals surface area contributed by atoms with Gasteiger partial charge in [0, 0.05) is 19.3 Å². The molecule has 0 spiro atoms. The molecule has 0 saturated carbocycles. The second-order valence-electron chi connectivity index (χ2n) is 21.7. The van der Waals surface area contributed by atoms with Crippen LogP contribution in [-0.2, 0) is 28.6 Å². The number of unbranched alkanes of at least 4 members (excludes halogenated alkanes) is 35. The van der Waals surface area contributed by atoms with Crippen LogP contribution >= 0.6 is 0 Å². The van der Waals surface area contributed by atoms with Crippen LogP contribution in [0.25, 0.3) is 0 Å². The van der Waals surface area contributed by atoms with E-state index in [1.165, 1.54) is 205 Å². The van der Waals surface area contributed by atoms with Gasteiger partial charge in [0.25, 0.3) is 0 Å². The van der Waals surface area contributed by atoms with Crippen molar-refractivity contribution in [2.45, 2.75) is 330 Å². The van der Waals surface area contributed by atoms with Crippen molar-refractivity contribution in [2.75, 3.05) is 13.2 Å². The molecule has 0 aromatic heterocycles. The summed E-state index contributed by atoms with van der Waals surface area (Å²) in [7, 11) is 0. The predicted octanol–water partition coefficient (Wildman–Crippen LogP) is 19.1. The standard InChI is InChI=1S/C59H114O6/c1-53(2)45-39-33-27-21-15-11-8-7-9-13-18-26-32-38-44-50-59(62)65-56(52-64-58(61)49-43-37-31-25-20-19-23-29-35-41-47-55(5)6)51-63-57(60)48-42-36-30-24-17-14-10-12-16-22-28-34-40-46-54(3)4/h53-56H,7-52H2,1-6H3/t56-/m1/s1. The van der Waals surface area contributed by atoms with Gasteiger partial charge in [0.2, 0.25) is 0 Å². The monoisotopic (exact) mass is 919 g/mol. The van der Waals surface area contributed by atoms with Crippen molar-refractivity contribution in [1.82, 2.24) is 0 Å². The van der Waals surface area contributed by atoms with E-state index >= 15 is 0 Å². The highest BCUT2D eigenvalue weighted by molar-refractivity contribution is 5.71. The van der Waals surface area contributed by atoms with Crippen molar-refractivity contribution in [1.29, 1.82) is 0 Å². The first-order chi connectivity index (χ1) is 31.6. The summed E-state index contributed by atoms with van der Waals surface area (Å²) in [5.41, 5.74) is 0. The third-order valence-corrected chi connectivity index (χ3v) is 13.4. The van der Waals surface area contributed by atoms with E-state index in [-0.39, 0.29) is 31.1 Å². The Balaban J connectivity index is 4.30. The van der Waals surface area contributed by atoms with E-state index in [0.29, 0.717) is 19.3 Å². The lowest BCUT2D eigenvalue weighted by molar-refractivity contribution is -0.167. The fraction of sp³-hybridized carbons (Fsp3) is 0.949. The lowest BCUT2D eigenvalue weighted by Gasteiger charge is -2.18. The molecule has 0 aliphatic carbocycles. The van der Waals surface area contributed by atoms with Crippen molar-refractivity contribution in [3.05, 3.63) is 0 Å². The molecular weight excluding hydrogens is 805 g/mol. The molecule has 0 aliphatic rings. The highest BCUT2D eigenvalue weighted by Gasteiger charge is 2.19. The average molecular weight is 920 g/mol. The topological polar surface area (TPSA) is 78.9 Å². The lowest BCUT2D eigenvalue weighted by atomic mass is 10.0. The van der Waals surface area contributed by atoms with Crippen LogP contribution in [0.5, 0.6) is 0 Å². The number of carbonyl (C=O) groups excluding carboxylic acids is 3. The van der Waals surface area contributed by atoms with Gasteiger partial charge in [-0.3, -0.25) is 14.4 Å². The summed E-state index contributed by atoms with van der Waals surface area (Å²) >= 11 is 0. The summed E-state index contributed by atoms with van der Waals surface area (Å²) in [6.45, 7) is 13.8. The lowest BCUT2D eigenvalue weighted by Crippen LogP contribution is -2.30. The summed E-state index contributed by atoms with van der Waals surface area (Å²) in [4.78, 5) is 38.1. The highest BCUT2D eigenvalue weighted by Crippen LogP contribution is 2.18. The summed E-state index contributed by atoms with van der Waals surface area (Å²) in [6.07, 6.45) is 52.4. The van der Waals surface area contributed by atoms with Crippen LogP contribution in [0.1, 0.15) is 324 Å². The first-order valence-corrected chi connectivity index (χ1v) is 29.1. The fourth-order valence-corrected chi connectivity index (χ4v) is 9.00. The van der Waals surface area contributed by atoms with Crippen molar-refractivity contribution >= 4 is 17.9 Å². The quantitative estimate of drug-likeness (QED) is 0.0344. The number of hydrogen-bond donors (Lipinski definition) is 0. The van der Waals surface area contributed by atoms with Crippen LogP contribution in [0.3, 0.4) is 0 Å². The van der Waals surface area contributed by atoms with Crippen molar-refractivity contribution < 1.29 is 28.6 Å². The maximum atomic E-state index is 12.9. The molecule has 0 fully saturated rings. The second kappa shape index (κ2) is 50.3. The maximum Gasteiger partial charge on any atom is 0.306 e. The Morgan fingerprint density at radius 3 is 0.662 bits per heavy atom. The van der Waals surface area contributed by atoms with Crippen LogP contribution in [0, 0.1) is 17.8 Å². The second-order valence-corrected chi connectivity index (χ2v) is 21.7. The third-order valence-electron chi connectivity index (χ3n) is 13.4. The van der Waals surface area contributed by atoms with Crippen LogP contribution in [-0.4, -0.2) is 37.2 Å². The summed E-state index contributed by atoms with van der Waals surface area (Å²) in [5.74, 6) is 1.66. The van der Waals surface area contributed by atoms with E-state index in [1.807, 2.05) is 0 Å². The zero-order valence-electron chi connectivity index (χ0n) is 44.8. The van der Waals surface area contributed by atoms with Gasteiger partial charge in [0.15, 0.2) is 6.10 Å². The van der Waals surface area contributed by atoms with Crippen LogP contribution in [0.2, 0.25) is 0 Å². The van der Waals surface area contributed by atoms with Crippen molar-refractivity contribution in [2.24, 2.45) is 17.8 Å². The Bertz CT molecular complexity index is 1010. The van der Waals surface area contributed by atoms with Crippen LogP contribution < -0.4 is 0 Å². The predicted molar refractivity (Wildman–Crippen MR) is 279 cm³/mol. The average Bonchev–Trinajstić information content (AvgIpc) is 3.26. The zero-order valence-corrected chi connectivity index (χ0v) is 44.8.